The van der Waals surface area contributed by atoms with E-state index in [9.17, 15) is 14.7 Å². The number of hydrogen-bond donors (Lipinski definition) is 3. The van der Waals surface area contributed by atoms with Gasteiger partial charge in [0.1, 0.15) is 11.5 Å². The van der Waals surface area contributed by atoms with E-state index in [1.807, 2.05) is 26.8 Å². The van der Waals surface area contributed by atoms with Crippen molar-refractivity contribution >= 4 is 34.6 Å². The van der Waals surface area contributed by atoms with Gasteiger partial charge in [0.25, 0.3) is 0 Å². The van der Waals surface area contributed by atoms with Gasteiger partial charge in [0.2, 0.25) is 0 Å². The lowest BCUT2D eigenvalue weighted by Crippen LogP contribution is -2.30. The Hall–Kier alpha value is -3.49. The van der Waals surface area contributed by atoms with Crippen molar-refractivity contribution in [1.82, 2.24) is 9.88 Å². The Morgan fingerprint density at radius 1 is 1.24 bits per heavy atom. The molecule has 3 N–H and O–H groups in total. The number of pyridine rings is 1. The number of amidine groups is 1. The number of rotatable bonds is 11. The Balaban J connectivity index is 0.00000481. The molecule has 0 radical (unpaired) electrons. The molecular weight excluding hydrogens is 544 g/mol. The average molecular weight is 575 g/mol. The maximum absolute atomic E-state index is 13.4. The quantitative estimate of drug-likeness (QED) is 0.269. The Bertz CT molecular complexity index is 1220. The van der Waals surface area contributed by atoms with E-state index in [2.05, 4.69) is 4.98 Å². The number of fused-ring (bicyclic) bond motifs is 1. The van der Waals surface area contributed by atoms with Crippen molar-refractivity contribution in [1.29, 1.82) is 10.7 Å². The number of Topliss-reactive ketones (excluding diaryl/α,β-unsaturated/α-hetero) is 1. The summed E-state index contributed by atoms with van der Waals surface area (Å²) in [5.41, 5.74) is 2.15. The topological polar surface area (TPSA) is 157 Å². The summed E-state index contributed by atoms with van der Waals surface area (Å²) in [4.78, 5) is 30.5. The minimum atomic E-state index is -1.14. The number of aliphatic hydroxyl groups is 1. The number of ketones is 1. The number of aliphatic hydroxyl groups excluding tert-OH is 1. The molecule has 0 fully saturated rings. The highest BCUT2D eigenvalue weighted by molar-refractivity contribution is 8.93. The molecule has 0 atom stereocenters. The maximum Gasteiger partial charge on any atom is 0.341 e. The van der Waals surface area contributed by atoms with E-state index in [0.29, 0.717) is 41.9 Å². The van der Waals surface area contributed by atoms with Crippen LogP contribution >= 0.6 is 17.0 Å². The van der Waals surface area contributed by atoms with E-state index >= 15 is 0 Å². The summed E-state index contributed by atoms with van der Waals surface area (Å²) in [6.07, 6.45) is 0.754. The van der Waals surface area contributed by atoms with Gasteiger partial charge >= 0.3 is 5.97 Å². The number of carbonyl (C=O) groups excluding carboxylic acids is 1. The maximum atomic E-state index is 13.4. The van der Waals surface area contributed by atoms with Crippen molar-refractivity contribution < 1.29 is 29.3 Å². The molecule has 1 aromatic carbocycles. The highest BCUT2D eigenvalue weighted by Gasteiger charge is 2.30. The van der Waals surface area contributed by atoms with Gasteiger partial charge < -0.3 is 24.6 Å². The molecule has 0 unspecified atom stereocenters. The van der Waals surface area contributed by atoms with Crippen LogP contribution < -0.4 is 9.47 Å². The van der Waals surface area contributed by atoms with Crippen LogP contribution in [0.3, 0.4) is 0 Å². The van der Waals surface area contributed by atoms with Gasteiger partial charge in [-0.3, -0.25) is 10.2 Å². The Kier molecular flexibility index (Phi) is 10.2. The van der Waals surface area contributed by atoms with Crippen molar-refractivity contribution in [2.24, 2.45) is 0 Å². The monoisotopic (exact) mass is 574 g/mol. The van der Waals surface area contributed by atoms with Crippen LogP contribution in [-0.4, -0.2) is 57.4 Å². The minimum absolute atomic E-state index is 0. The van der Waals surface area contributed by atoms with E-state index in [0.717, 1.165) is 5.56 Å². The summed E-state index contributed by atoms with van der Waals surface area (Å²) in [5.74, 6) is -0.804. The highest BCUT2D eigenvalue weighted by atomic mass is 79.9. The third-order valence-corrected chi connectivity index (χ3v) is 5.65. The summed E-state index contributed by atoms with van der Waals surface area (Å²) in [6.45, 7) is 5.42. The first-order chi connectivity index (χ1) is 17.0. The van der Waals surface area contributed by atoms with E-state index in [-0.39, 0.29) is 59.9 Å². The standard InChI is InChI=1S/C26H30N4O6.BrH/c1-26(2,3)19-10-17(11-21(35-9-5-4-8-27)24(19)36-15-22(33)34)20(32)13-30-12-16-6-7-18(14-31)29-23(16)25(30)28;/h6-7,10-11,28,31H,4-5,9,12-15H2,1-3H3,(H,33,34);1H. The molecule has 1 aliphatic rings. The van der Waals surface area contributed by atoms with Crippen molar-refractivity contribution in [3.63, 3.8) is 0 Å². The SMILES string of the molecule is Br.CC(C)(C)c1cc(C(=O)CN2Cc3ccc(CO)nc3C2=N)cc(OCCCC#N)c1OCC(=O)O. The number of carbonyl (C=O) groups is 2. The number of unbranched alkanes of at least 4 members (excludes halogenated alkanes) is 1. The van der Waals surface area contributed by atoms with Crippen molar-refractivity contribution in [2.45, 2.75) is 52.2 Å². The predicted molar refractivity (Wildman–Crippen MR) is 141 cm³/mol. The molecule has 2 aromatic rings. The zero-order valence-corrected chi connectivity index (χ0v) is 22.7. The van der Waals surface area contributed by atoms with Crippen molar-refractivity contribution in [2.75, 3.05) is 19.8 Å². The number of aliphatic carboxylic acids is 1. The van der Waals surface area contributed by atoms with Crippen LogP contribution in [0.1, 0.15) is 66.5 Å². The van der Waals surface area contributed by atoms with Crippen molar-refractivity contribution in [3.05, 3.63) is 52.3 Å². The van der Waals surface area contributed by atoms with Crippen LogP contribution in [0.5, 0.6) is 11.5 Å². The zero-order chi connectivity index (χ0) is 26.5. The number of nitrogens with zero attached hydrogens (tertiary/aromatic N) is 3. The summed E-state index contributed by atoms with van der Waals surface area (Å²) in [5, 5.41) is 35.7. The fourth-order valence-electron chi connectivity index (χ4n) is 3.83. The Morgan fingerprint density at radius 3 is 2.59 bits per heavy atom. The number of aromatic nitrogens is 1. The molecule has 1 aromatic heterocycles. The highest BCUT2D eigenvalue weighted by Crippen LogP contribution is 2.40. The lowest BCUT2D eigenvalue weighted by molar-refractivity contribution is -0.139. The number of ether oxygens (including phenoxy) is 2. The molecule has 10 nitrogen and oxygen atoms in total. The van der Waals surface area contributed by atoms with E-state index in [1.165, 1.54) is 6.07 Å². The predicted octanol–water partition coefficient (Wildman–Crippen LogP) is 3.62. The molecule has 0 spiro atoms. The van der Waals surface area contributed by atoms with E-state index < -0.39 is 18.0 Å². The number of benzene rings is 1. The van der Waals surface area contributed by atoms with Crippen LogP contribution in [-0.2, 0) is 23.4 Å². The molecule has 37 heavy (non-hydrogen) atoms. The second-order valence-corrected chi connectivity index (χ2v) is 9.49. The number of carboxylic acid groups (broad SMARTS) is 1. The van der Waals surface area contributed by atoms with Crippen LogP contribution in [0.2, 0.25) is 0 Å². The van der Waals surface area contributed by atoms with E-state index in [1.54, 1.807) is 23.1 Å². The molecule has 1 aliphatic heterocycles. The molecular formula is C26H31BrN4O6. The lowest BCUT2D eigenvalue weighted by Gasteiger charge is -2.26. The summed E-state index contributed by atoms with van der Waals surface area (Å²) in [6, 6.07) is 8.74. The second-order valence-electron chi connectivity index (χ2n) is 9.49. The number of nitriles is 1. The summed E-state index contributed by atoms with van der Waals surface area (Å²) >= 11 is 0. The van der Waals surface area contributed by atoms with Crippen molar-refractivity contribution in [3.8, 4) is 17.6 Å². The fourth-order valence-corrected chi connectivity index (χ4v) is 3.83. The third-order valence-electron chi connectivity index (χ3n) is 5.65. The number of carboxylic acids is 1. The first kappa shape index (κ1) is 29.7. The van der Waals surface area contributed by atoms with Crippen LogP contribution in [0, 0.1) is 16.7 Å². The summed E-state index contributed by atoms with van der Waals surface area (Å²) < 4.78 is 11.4. The number of halogens is 1. The van der Waals surface area contributed by atoms with Gasteiger partial charge in [0, 0.05) is 29.7 Å². The normalized spacial score (nSPS) is 12.4. The smallest absolute Gasteiger partial charge is 0.341 e. The average Bonchev–Trinajstić information content (AvgIpc) is 3.13. The molecule has 0 aliphatic carbocycles. The number of hydrogen-bond acceptors (Lipinski definition) is 8. The molecule has 3 rings (SSSR count). The van der Waals surface area contributed by atoms with Gasteiger partial charge in [-0.15, -0.1) is 17.0 Å². The molecule has 0 saturated heterocycles. The minimum Gasteiger partial charge on any atom is -0.490 e. The molecule has 0 saturated carbocycles. The first-order valence-corrected chi connectivity index (χ1v) is 11.5. The van der Waals surface area contributed by atoms with Gasteiger partial charge in [-0.05, 0) is 30.0 Å². The van der Waals surface area contributed by atoms with Gasteiger partial charge in [-0.25, -0.2) is 9.78 Å². The van der Waals surface area contributed by atoms with Gasteiger partial charge in [0.05, 0.1) is 31.5 Å². The van der Waals surface area contributed by atoms with Crippen LogP contribution in [0.25, 0.3) is 0 Å². The molecule has 0 amide bonds. The second kappa shape index (κ2) is 12.7. The Labute approximate surface area is 226 Å². The zero-order valence-electron chi connectivity index (χ0n) is 21.0. The molecule has 11 heteroatoms. The lowest BCUT2D eigenvalue weighted by atomic mass is 9.84. The van der Waals surface area contributed by atoms with Gasteiger partial charge in [-0.1, -0.05) is 26.8 Å². The third kappa shape index (κ3) is 7.27. The largest absolute Gasteiger partial charge is 0.490 e. The number of nitrogens with one attached hydrogen (secondary N) is 1. The van der Waals surface area contributed by atoms with Crippen LogP contribution in [0.4, 0.5) is 0 Å². The first-order valence-electron chi connectivity index (χ1n) is 11.5. The molecule has 198 valence electrons. The van der Waals surface area contributed by atoms with Gasteiger partial charge in [0.15, 0.2) is 23.9 Å². The van der Waals surface area contributed by atoms with Crippen LogP contribution in [0.15, 0.2) is 24.3 Å². The summed E-state index contributed by atoms with van der Waals surface area (Å²) in [7, 11) is 0. The van der Waals surface area contributed by atoms with Gasteiger partial charge in [-0.2, -0.15) is 5.26 Å². The molecule has 2 heterocycles. The molecule has 0 bridgehead atoms. The fraction of sp³-hybridized carbons (Fsp3) is 0.423. The Morgan fingerprint density at radius 2 is 1.97 bits per heavy atom. The van der Waals surface area contributed by atoms with E-state index in [4.69, 9.17) is 25.3 Å².